The molecule has 0 atom stereocenters. The third-order valence-corrected chi connectivity index (χ3v) is 3.48. The molecule has 0 aliphatic carbocycles. The van der Waals surface area contributed by atoms with Gasteiger partial charge < -0.3 is 9.73 Å². The summed E-state index contributed by atoms with van der Waals surface area (Å²) in [6.07, 6.45) is 3.58. The number of nitrogens with zero attached hydrogens (tertiary/aromatic N) is 1. The minimum Gasteiger partial charge on any atom is -0.449 e. The van der Waals surface area contributed by atoms with Crippen molar-refractivity contribution in [3.63, 3.8) is 0 Å². The maximum atomic E-state index is 11.6. The maximum absolute atomic E-state index is 11.6. The Labute approximate surface area is 110 Å². The molecule has 5 heteroatoms. The van der Waals surface area contributed by atoms with E-state index in [9.17, 15) is 4.79 Å². The lowest BCUT2D eigenvalue weighted by molar-refractivity contribution is -0.121. The number of hydrogen-bond donors (Lipinski definition) is 1. The number of carbonyl (C=O) groups excluding carboxylic acids is 1. The topological polar surface area (TPSA) is 55.1 Å². The lowest BCUT2D eigenvalue weighted by Gasteiger charge is -2.02. The highest BCUT2D eigenvalue weighted by molar-refractivity contribution is 7.09. The summed E-state index contributed by atoms with van der Waals surface area (Å²) < 4.78 is 5.09. The van der Waals surface area contributed by atoms with Crippen molar-refractivity contribution in [2.45, 2.75) is 26.2 Å². The van der Waals surface area contributed by atoms with Crippen molar-refractivity contribution in [2.24, 2.45) is 0 Å². The lowest BCUT2D eigenvalue weighted by atomic mass is 10.2. The molecule has 0 spiro atoms. The third kappa shape index (κ3) is 4.00. The van der Waals surface area contributed by atoms with Gasteiger partial charge in [0.25, 0.3) is 0 Å². The first kappa shape index (κ1) is 12.8. The van der Waals surface area contributed by atoms with Gasteiger partial charge in [0.1, 0.15) is 6.26 Å². The maximum Gasteiger partial charge on any atom is 0.220 e. The minimum absolute atomic E-state index is 0.0622. The molecule has 2 heterocycles. The monoisotopic (exact) mass is 264 g/mol. The first-order chi connectivity index (χ1) is 8.74. The molecule has 0 aliphatic heterocycles. The molecule has 4 nitrogen and oxygen atoms in total. The molecule has 2 rings (SSSR count). The van der Waals surface area contributed by atoms with Crippen LogP contribution in [0.15, 0.2) is 28.2 Å². The number of carbonyl (C=O) groups is 1. The van der Waals surface area contributed by atoms with Crippen molar-refractivity contribution >= 4 is 17.2 Å². The first-order valence-electron chi connectivity index (χ1n) is 5.94. The molecule has 0 aliphatic rings. The zero-order chi connectivity index (χ0) is 12.8. The molecule has 1 amide bonds. The van der Waals surface area contributed by atoms with Gasteiger partial charge in [-0.2, -0.15) is 0 Å². The lowest BCUT2D eigenvalue weighted by Crippen LogP contribution is -2.25. The van der Waals surface area contributed by atoms with Gasteiger partial charge in [0.2, 0.25) is 5.91 Å². The van der Waals surface area contributed by atoms with E-state index in [-0.39, 0.29) is 5.91 Å². The van der Waals surface area contributed by atoms with Gasteiger partial charge in [-0.05, 0) is 17.9 Å². The number of hydrogen-bond acceptors (Lipinski definition) is 4. The highest BCUT2D eigenvalue weighted by atomic mass is 32.1. The largest absolute Gasteiger partial charge is 0.449 e. The molecule has 0 fully saturated rings. The normalized spacial score (nSPS) is 10.5. The second kappa shape index (κ2) is 6.35. The fourth-order valence-corrected chi connectivity index (χ4v) is 2.34. The van der Waals surface area contributed by atoms with Gasteiger partial charge in [-0.1, -0.05) is 6.07 Å². The van der Waals surface area contributed by atoms with Crippen LogP contribution in [0.2, 0.25) is 0 Å². The number of thiophene rings is 1. The van der Waals surface area contributed by atoms with Gasteiger partial charge in [0, 0.05) is 31.2 Å². The van der Waals surface area contributed by atoms with Crippen LogP contribution < -0.4 is 5.32 Å². The number of oxazole rings is 1. The Hall–Kier alpha value is -1.62. The molecule has 18 heavy (non-hydrogen) atoms. The summed E-state index contributed by atoms with van der Waals surface area (Å²) in [5.41, 5.74) is 0.834. The SMILES string of the molecule is Cc1nc(CCC(=O)NCCc2cccs2)co1. The molecule has 2 aromatic heterocycles. The van der Waals surface area contributed by atoms with Gasteiger partial charge >= 0.3 is 0 Å². The number of rotatable bonds is 6. The van der Waals surface area contributed by atoms with E-state index in [1.54, 1.807) is 24.5 Å². The van der Waals surface area contributed by atoms with E-state index in [0.717, 1.165) is 12.1 Å². The predicted molar refractivity (Wildman–Crippen MR) is 70.6 cm³/mol. The molecule has 2 aromatic rings. The minimum atomic E-state index is 0.0622. The third-order valence-electron chi connectivity index (χ3n) is 2.55. The van der Waals surface area contributed by atoms with Crippen molar-refractivity contribution in [2.75, 3.05) is 6.54 Å². The fourth-order valence-electron chi connectivity index (χ4n) is 1.63. The van der Waals surface area contributed by atoms with Crippen LogP contribution in [0.5, 0.6) is 0 Å². The molecule has 0 bridgehead atoms. The van der Waals surface area contributed by atoms with E-state index in [4.69, 9.17) is 4.42 Å². The second-order valence-corrected chi connectivity index (χ2v) is 5.07. The van der Waals surface area contributed by atoms with Gasteiger partial charge in [0.15, 0.2) is 5.89 Å². The molecule has 0 radical (unpaired) electrons. The fraction of sp³-hybridized carbons (Fsp3) is 0.385. The zero-order valence-electron chi connectivity index (χ0n) is 10.3. The van der Waals surface area contributed by atoms with Crippen LogP contribution in [0.25, 0.3) is 0 Å². The summed E-state index contributed by atoms with van der Waals surface area (Å²) in [4.78, 5) is 17.0. The summed E-state index contributed by atoms with van der Waals surface area (Å²) in [6.45, 7) is 2.49. The molecule has 0 unspecified atom stereocenters. The second-order valence-electron chi connectivity index (χ2n) is 4.04. The van der Waals surface area contributed by atoms with E-state index in [1.165, 1.54) is 4.88 Å². The highest BCUT2D eigenvalue weighted by Gasteiger charge is 2.05. The predicted octanol–water partition coefficient (Wildman–Crippen LogP) is 2.34. The zero-order valence-corrected chi connectivity index (χ0v) is 11.1. The van der Waals surface area contributed by atoms with Gasteiger partial charge in [-0.3, -0.25) is 4.79 Å². The summed E-state index contributed by atoms with van der Waals surface area (Å²) in [6, 6.07) is 4.10. The van der Waals surface area contributed by atoms with Crippen molar-refractivity contribution in [1.82, 2.24) is 10.3 Å². The van der Waals surface area contributed by atoms with Crippen molar-refractivity contribution in [3.05, 3.63) is 40.2 Å². The average molecular weight is 264 g/mol. The van der Waals surface area contributed by atoms with Crippen LogP contribution in [0.3, 0.4) is 0 Å². The molecular weight excluding hydrogens is 248 g/mol. The number of aromatic nitrogens is 1. The Balaban J connectivity index is 1.63. The smallest absolute Gasteiger partial charge is 0.220 e. The quantitative estimate of drug-likeness (QED) is 0.871. The first-order valence-corrected chi connectivity index (χ1v) is 6.82. The molecule has 0 saturated carbocycles. The Morgan fingerprint density at radius 3 is 3.06 bits per heavy atom. The summed E-state index contributed by atoms with van der Waals surface area (Å²) in [5, 5.41) is 4.95. The van der Waals surface area contributed by atoms with Crippen LogP contribution in [0, 0.1) is 6.92 Å². The van der Waals surface area contributed by atoms with Crippen LogP contribution in [-0.4, -0.2) is 17.4 Å². The molecular formula is C13H16N2O2S. The van der Waals surface area contributed by atoms with Gasteiger partial charge in [-0.15, -0.1) is 11.3 Å². The Morgan fingerprint density at radius 1 is 1.50 bits per heavy atom. The number of nitrogens with one attached hydrogen (secondary N) is 1. The van der Waals surface area contributed by atoms with Gasteiger partial charge in [-0.25, -0.2) is 4.98 Å². The van der Waals surface area contributed by atoms with E-state index >= 15 is 0 Å². The van der Waals surface area contributed by atoms with Crippen molar-refractivity contribution in [1.29, 1.82) is 0 Å². The van der Waals surface area contributed by atoms with Crippen molar-refractivity contribution in [3.8, 4) is 0 Å². The van der Waals surface area contributed by atoms with E-state index < -0.39 is 0 Å². The van der Waals surface area contributed by atoms with Crippen LogP contribution in [0.1, 0.15) is 22.9 Å². The van der Waals surface area contributed by atoms with E-state index in [0.29, 0.717) is 25.3 Å². The molecule has 96 valence electrons. The Bertz CT molecular complexity index is 491. The molecule has 1 N–H and O–H groups in total. The average Bonchev–Trinajstić information content (AvgIpc) is 2.98. The van der Waals surface area contributed by atoms with E-state index in [1.807, 2.05) is 11.4 Å². The van der Waals surface area contributed by atoms with Crippen LogP contribution in [-0.2, 0) is 17.6 Å². The Kier molecular flexibility index (Phi) is 4.52. The summed E-state index contributed by atoms with van der Waals surface area (Å²) in [5.74, 6) is 0.704. The standard InChI is InChI=1S/C13H16N2O2S/c1-10-15-11(9-17-10)4-5-13(16)14-7-6-12-3-2-8-18-12/h2-3,8-9H,4-7H2,1H3,(H,14,16). The molecule has 0 aromatic carbocycles. The number of aryl methyl sites for hydroxylation is 2. The van der Waals surface area contributed by atoms with Gasteiger partial charge in [0.05, 0.1) is 5.69 Å². The van der Waals surface area contributed by atoms with Crippen molar-refractivity contribution < 1.29 is 9.21 Å². The summed E-state index contributed by atoms with van der Waals surface area (Å²) >= 11 is 1.71. The summed E-state index contributed by atoms with van der Waals surface area (Å²) in [7, 11) is 0. The Morgan fingerprint density at radius 2 is 2.39 bits per heavy atom. The number of amides is 1. The molecule has 0 saturated heterocycles. The highest BCUT2D eigenvalue weighted by Crippen LogP contribution is 2.08. The van der Waals surface area contributed by atoms with E-state index in [2.05, 4.69) is 16.4 Å². The van der Waals surface area contributed by atoms with Crippen LogP contribution >= 0.6 is 11.3 Å². The van der Waals surface area contributed by atoms with Crippen LogP contribution in [0.4, 0.5) is 0 Å².